The number of anilines is 1. The first kappa shape index (κ1) is 18.1. The van der Waals surface area contributed by atoms with Crippen molar-refractivity contribution in [1.29, 1.82) is 0 Å². The average Bonchev–Trinajstić information content (AvgIpc) is 2.51. The van der Waals surface area contributed by atoms with E-state index in [0.717, 1.165) is 17.7 Å². The maximum Gasteiger partial charge on any atom is 0.410 e. The van der Waals surface area contributed by atoms with Crippen LogP contribution in [0.5, 0.6) is 0 Å². The summed E-state index contributed by atoms with van der Waals surface area (Å²) in [6.07, 6.45) is 0.456. The maximum absolute atomic E-state index is 12.3. The molecular weight excluding hydrogens is 308 g/mol. The lowest BCUT2D eigenvalue weighted by atomic mass is 9.98. The Labute approximate surface area is 143 Å². The van der Waals surface area contributed by atoms with Crippen LogP contribution in [0, 0.1) is 0 Å². The van der Waals surface area contributed by atoms with Crippen LogP contribution in [0.2, 0.25) is 0 Å². The molecule has 0 radical (unpaired) electrons. The lowest BCUT2D eigenvalue weighted by molar-refractivity contribution is -0.140. The molecular formula is C18H26N2O4. The van der Waals surface area contributed by atoms with Crippen molar-refractivity contribution in [2.45, 2.75) is 46.3 Å². The third kappa shape index (κ3) is 4.88. The summed E-state index contributed by atoms with van der Waals surface area (Å²) in [5.41, 5.74) is 2.55. The second-order valence-corrected chi connectivity index (χ2v) is 6.75. The molecule has 132 valence electrons. The van der Waals surface area contributed by atoms with Crippen molar-refractivity contribution in [2.24, 2.45) is 0 Å². The van der Waals surface area contributed by atoms with Gasteiger partial charge in [-0.15, -0.1) is 0 Å². The lowest BCUT2D eigenvalue weighted by Gasteiger charge is -2.32. The summed E-state index contributed by atoms with van der Waals surface area (Å²) in [5, 5.41) is 3.11. The molecule has 1 aromatic rings. The van der Waals surface area contributed by atoms with Crippen LogP contribution in [0.4, 0.5) is 10.5 Å². The number of nitrogens with zero attached hydrogens (tertiary/aromatic N) is 1. The van der Waals surface area contributed by atoms with Crippen molar-refractivity contribution < 1.29 is 19.1 Å². The van der Waals surface area contributed by atoms with Crippen LogP contribution in [0.1, 0.15) is 38.8 Å². The summed E-state index contributed by atoms with van der Waals surface area (Å²) in [6.45, 7) is 8.91. The molecule has 1 aliphatic rings. The van der Waals surface area contributed by atoms with Crippen LogP contribution in [-0.4, -0.2) is 42.3 Å². The molecule has 0 unspecified atom stereocenters. The van der Waals surface area contributed by atoms with Crippen LogP contribution >= 0.6 is 0 Å². The molecule has 2 rings (SSSR count). The zero-order valence-corrected chi connectivity index (χ0v) is 14.8. The third-order valence-electron chi connectivity index (χ3n) is 3.65. The number of esters is 1. The number of carbonyl (C=O) groups is 2. The fraction of sp³-hybridized carbons (Fsp3) is 0.556. The first-order chi connectivity index (χ1) is 11.3. The van der Waals surface area contributed by atoms with Gasteiger partial charge in [0.15, 0.2) is 0 Å². The largest absolute Gasteiger partial charge is 0.465 e. The zero-order valence-electron chi connectivity index (χ0n) is 14.8. The topological polar surface area (TPSA) is 67.9 Å². The minimum absolute atomic E-state index is 0.108. The summed E-state index contributed by atoms with van der Waals surface area (Å²) in [6, 6.07) is 5.92. The van der Waals surface area contributed by atoms with Crippen molar-refractivity contribution >= 4 is 17.7 Å². The highest BCUT2D eigenvalue weighted by atomic mass is 16.6. The summed E-state index contributed by atoms with van der Waals surface area (Å²) in [7, 11) is 0. The second-order valence-electron chi connectivity index (χ2n) is 6.75. The van der Waals surface area contributed by atoms with Gasteiger partial charge in [-0.2, -0.15) is 0 Å². The monoisotopic (exact) mass is 334 g/mol. The highest BCUT2D eigenvalue weighted by Gasteiger charge is 2.26. The first-order valence-corrected chi connectivity index (χ1v) is 8.28. The van der Waals surface area contributed by atoms with Crippen molar-refractivity contribution in [1.82, 2.24) is 4.90 Å². The van der Waals surface area contributed by atoms with Crippen LogP contribution in [0.15, 0.2) is 18.2 Å². The normalized spacial score (nSPS) is 13.9. The van der Waals surface area contributed by atoms with Crippen molar-refractivity contribution in [3.05, 3.63) is 29.3 Å². The number of carbonyl (C=O) groups excluding carboxylic acids is 2. The Hall–Kier alpha value is -2.24. The molecule has 1 aromatic carbocycles. The van der Waals surface area contributed by atoms with E-state index in [0.29, 0.717) is 19.7 Å². The Morgan fingerprint density at radius 3 is 2.71 bits per heavy atom. The molecule has 0 aliphatic carbocycles. The number of rotatable bonds is 4. The Kier molecular flexibility index (Phi) is 5.70. The zero-order chi connectivity index (χ0) is 17.7. The van der Waals surface area contributed by atoms with E-state index in [9.17, 15) is 9.59 Å². The minimum Gasteiger partial charge on any atom is -0.465 e. The second kappa shape index (κ2) is 7.55. The standard InChI is InChI=1S/C18H26N2O4/c1-5-23-16(21)11-19-15-8-6-7-13-9-10-20(12-14(13)15)17(22)24-18(2,3)4/h6-8,19H,5,9-12H2,1-4H3. The molecule has 6 heteroatoms. The number of fused-ring (bicyclic) bond motifs is 1. The summed E-state index contributed by atoms with van der Waals surface area (Å²) < 4.78 is 10.4. The smallest absolute Gasteiger partial charge is 0.410 e. The van der Waals surface area contributed by atoms with E-state index in [1.54, 1.807) is 11.8 Å². The molecule has 0 saturated heterocycles. The molecule has 1 N–H and O–H groups in total. The van der Waals surface area contributed by atoms with Gasteiger partial charge >= 0.3 is 12.1 Å². The lowest BCUT2D eigenvalue weighted by Crippen LogP contribution is -2.40. The summed E-state index contributed by atoms with van der Waals surface area (Å²) in [4.78, 5) is 25.5. The first-order valence-electron chi connectivity index (χ1n) is 8.28. The molecule has 0 spiro atoms. The molecule has 1 aliphatic heterocycles. The highest BCUT2D eigenvalue weighted by Crippen LogP contribution is 2.27. The quantitative estimate of drug-likeness (QED) is 0.858. The number of nitrogens with one attached hydrogen (secondary N) is 1. The Morgan fingerprint density at radius 1 is 1.29 bits per heavy atom. The van der Waals surface area contributed by atoms with Crippen molar-refractivity contribution in [3.63, 3.8) is 0 Å². The van der Waals surface area contributed by atoms with Gasteiger partial charge in [0.25, 0.3) is 0 Å². The van der Waals surface area contributed by atoms with Gasteiger partial charge in [0, 0.05) is 12.2 Å². The number of hydrogen-bond acceptors (Lipinski definition) is 5. The molecule has 0 saturated carbocycles. The van der Waals surface area contributed by atoms with Gasteiger partial charge in [0.1, 0.15) is 12.1 Å². The maximum atomic E-state index is 12.3. The molecule has 0 aromatic heterocycles. The van der Waals surface area contributed by atoms with E-state index in [2.05, 4.69) is 11.4 Å². The van der Waals surface area contributed by atoms with E-state index in [-0.39, 0.29) is 18.6 Å². The third-order valence-corrected chi connectivity index (χ3v) is 3.65. The molecule has 0 bridgehead atoms. The Balaban J connectivity index is 2.08. The van der Waals surface area contributed by atoms with Crippen LogP contribution in [-0.2, 0) is 27.2 Å². The molecule has 1 amide bonds. The van der Waals surface area contributed by atoms with Gasteiger partial charge < -0.3 is 19.7 Å². The van der Waals surface area contributed by atoms with Gasteiger partial charge in [0.05, 0.1) is 13.2 Å². The summed E-state index contributed by atoms with van der Waals surface area (Å²) in [5.74, 6) is -0.296. The number of ether oxygens (including phenoxy) is 2. The molecule has 0 atom stereocenters. The van der Waals surface area contributed by atoms with Crippen molar-refractivity contribution in [2.75, 3.05) is 25.0 Å². The van der Waals surface area contributed by atoms with Gasteiger partial charge in [-0.25, -0.2) is 4.79 Å². The SMILES string of the molecule is CCOC(=O)CNc1cccc2c1CN(C(=O)OC(C)(C)C)CC2. The van der Waals surface area contributed by atoms with Gasteiger partial charge in [-0.05, 0) is 51.3 Å². The van der Waals surface area contributed by atoms with Gasteiger partial charge in [0.2, 0.25) is 0 Å². The van der Waals surface area contributed by atoms with Gasteiger partial charge in [-0.1, -0.05) is 12.1 Å². The van der Waals surface area contributed by atoms with Crippen LogP contribution < -0.4 is 5.32 Å². The predicted molar refractivity (Wildman–Crippen MR) is 91.9 cm³/mol. The van der Waals surface area contributed by atoms with Crippen LogP contribution in [0.3, 0.4) is 0 Å². The van der Waals surface area contributed by atoms with E-state index in [1.165, 1.54) is 5.56 Å². The Morgan fingerprint density at radius 2 is 2.04 bits per heavy atom. The van der Waals surface area contributed by atoms with E-state index in [1.807, 2.05) is 32.9 Å². The van der Waals surface area contributed by atoms with E-state index < -0.39 is 5.60 Å². The molecule has 24 heavy (non-hydrogen) atoms. The van der Waals surface area contributed by atoms with E-state index in [4.69, 9.17) is 9.47 Å². The average molecular weight is 334 g/mol. The molecule has 0 fully saturated rings. The number of amides is 1. The highest BCUT2D eigenvalue weighted by molar-refractivity contribution is 5.76. The van der Waals surface area contributed by atoms with Crippen LogP contribution in [0.25, 0.3) is 0 Å². The fourth-order valence-electron chi connectivity index (χ4n) is 2.61. The number of hydrogen-bond donors (Lipinski definition) is 1. The van der Waals surface area contributed by atoms with Gasteiger partial charge in [-0.3, -0.25) is 4.79 Å². The minimum atomic E-state index is -0.515. The predicted octanol–water partition coefficient (Wildman–Crippen LogP) is 2.95. The number of benzene rings is 1. The molecule has 1 heterocycles. The van der Waals surface area contributed by atoms with Crippen molar-refractivity contribution in [3.8, 4) is 0 Å². The Bertz CT molecular complexity index is 608. The van der Waals surface area contributed by atoms with E-state index >= 15 is 0 Å². The fourth-order valence-corrected chi connectivity index (χ4v) is 2.61. The molecule has 6 nitrogen and oxygen atoms in total. The summed E-state index contributed by atoms with van der Waals surface area (Å²) >= 11 is 0.